The normalized spacial score (nSPS) is 12.4. The Kier molecular flexibility index (Phi) is 5.53. The highest BCUT2D eigenvalue weighted by atomic mass is 16.7. The molecule has 2 aromatic carbocycles. The van der Waals surface area contributed by atoms with Crippen molar-refractivity contribution >= 4 is 22.8 Å². The lowest BCUT2D eigenvalue weighted by molar-refractivity contribution is -0.394. The number of fused-ring (bicyclic) bond motifs is 3. The molecular weight excluding hydrogens is 414 g/mol. The molecule has 0 fully saturated rings. The molecule has 0 aromatic heterocycles. The summed E-state index contributed by atoms with van der Waals surface area (Å²) in [6.07, 6.45) is 0.890. The van der Waals surface area contributed by atoms with E-state index in [1.54, 1.807) is 0 Å². The van der Waals surface area contributed by atoms with Gasteiger partial charge in [-0.05, 0) is 6.07 Å². The Morgan fingerprint density at radius 3 is 1.81 bits per heavy atom. The summed E-state index contributed by atoms with van der Waals surface area (Å²) in [5.74, 6) is -2.18. The molecule has 1 aliphatic rings. The van der Waals surface area contributed by atoms with Gasteiger partial charge in [0.2, 0.25) is 0 Å². The van der Waals surface area contributed by atoms with Gasteiger partial charge in [-0.25, -0.2) is 0 Å². The van der Waals surface area contributed by atoms with Crippen molar-refractivity contribution in [2.45, 2.75) is 25.6 Å². The number of ether oxygens (including phenoxy) is 2. The van der Waals surface area contributed by atoms with Gasteiger partial charge in [0, 0.05) is 49.5 Å². The number of carbonyl (C=O) groups is 1. The molecule has 0 radical (unpaired) electrons. The number of benzene rings is 2. The highest BCUT2D eigenvalue weighted by molar-refractivity contribution is 6.25. The molecule has 12 heteroatoms. The van der Waals surface area contributed by atoms with Gasteiger partial charge in [0.1, 0.15) is 0 Å². The van der Waals surface area contributed by atoms with Crippen molar-refractivity contribution < 1.29 is 29.0 Å². The fourth-order valence-corrected chi connectivity index (χ4v) is 3.88. The number of nitro benzene ring substituents is 3. The minimum atomic E-state index is -1.39. The van der Waals surface area contributed by atoms with Crippen LogP contribution in [0, 0.1) is 30.3 Å². The van der Waals surface area contributed by atoms with E-state index >= 15 is 0 Å². The molecule has 0 spiro atoms. The van der Waals surface area contributed by atoms with Crippen molar-refractivity contribution in [3.8, 4) is 11.1 Å². The zero-order valence-electron chi connectivity index (χ0n) is 16.7. The topological polar surface area (TPSA) is 165 Å². The van der Waals surface area contributed by atoms with Crippen molar-refractivity contribution in [1.82, 2.24) is 0 Å². The number of methoxy groups -OCH3 is 2. The summed E-state index contributed by atoms with van der Waals surface area (Å²) in [4.78, 5) is 45.2. The first kappa shape index (κ1) is 21.9. The molecule has 0 heterocycles. The number of ketones is 1. The van der Waals surface area contributed by atoms with Crippen LogP contribution < -0.4 is 0 Å². The Hall–Kier alpha value is -3.77. The summed E-state index contributed by atoms with van der Waals surface area (Å²) in [6, 6.07) is 4.04. The first-order chi connectivity index (χ1) is 14.6. The minimum Gasteiger partial charge on any atom is -0.349 e. The lowest BCUT2D eigenvalue weighted by atomic mass is 9.93. The van der Waals surface area contributed by atoms with Gasteiger partial charge < -0.3 is 9.47 Å². The summed E-state index contributed by atoms with van der Waals surface area (Å²) >= 11 is 0. The van der Waals surface area contributed by atoms with Crippen LogP contribution in [0.15, 0.2) is 24.3 Å². The quantitative estimate of drug-likeness (QED) is 0.292. The van der Waals surface area contributed by atoms with Gasteiger partial charge >= 0.3 is 0 Å². The second-order valence-corrected chi connectivity index (χ2v) is 6.82. The van der Waals surface area contributed by atoms with Gasteiger partial charge in [0.15, 0.2) is 11.6 Å². The second-order valence-electron chi connectivity index (χ2n) is 6.82. The van der Waals surface area contributed by atoms with Crippen LogP contribution in [0.5, 0.6) is 0 Å². The van der Waals surface area contributed by atoms with E-state index in [-0.39, 0.29) is 27.8 Å². The van der Waals surface area contributed by atoms with E-state index in [0.717, 1.165) is 12.1 Å². The predicted octanol–water partition coefficient (Wildman–Crippen LogP) is 3.87. The molecule has 0 atom stereocenters. The standard InChI is InChI=1S/C19H17N3O9/c1-4-5-19(30-2,31-3)10-6-12-16(14(7-10)21(26)27)17-13(18(12)23)8-11(20(24)25)9-15(17)22(28)29/h6-9H,4-5H2,1-3H3. The molecule has 2 aromatic rings. The zero-order chi connectivity index (χ0) is 23.1. The molecule has 0 saturated carbocycles. The first-order valence-corrected chi connectivity index (χ1v) is 9.07. The summed E-state index contributed by atoms with van der Waals surface area (Å²) in [5, 5.41) is 34.7. The molecular formula is C19H17N3O9. The number of hydrogen-bond acceptors (Lipinski definition) is 9. The van der Waals surface area contributed by atoms with Crippen molar-refractivity contribution in [3.05, 3.63) is 71.3 Å². The number of nitro groups is 3. The molecule has 3 rings (SSSR count). The largest absolute Gasteiger partial charge is 0.349 e. The van der Waals surface area contributed by atoms with Crippen molar-refractivity contribution in [1.29, 1.82) is 0 Å². The van der Waals surface area contributed by atoms with E-state index in [4.69, 9.17) is 9.47 Å². The average Bonchev–Trinajstić information content (AvgIpc) is 3.02. The average molecular weight is 431 g/mol. The monoisotopic (exact) mass is 431 g/mol. The molecule has 0 unspecified atom stereocenters. The Balaban J connectivity index is 2.42. The summed E-state index contributed by atoms with van der Waals surface area (Å²) in [7, 11) is 2.70. The van der Waals surface area contributed by atoms with Gasteiger partial charge in [-0.3, -0.25) is 35.1 Å². The molecule has 0 bridgehead atoms. The van der Waals surface area contributed by atoms with Gasteiger partial charge in [0.05, 0.1) is 32.0 Å². The fourth-order valence-electron chi connectivity index (χ4n) is 3.88. The third-order valence-corrected chi connectivity index (χ3v) is 5.24. The Bertz CT molecular complexity index is 1140. The van der Waals surface area contributed by atoms with Crippen molar-refractivity contribution in [2.24, 2.45) is 0 Å². The van der Waals surface area contributed by atoms with E-state index in [0.29, 0.717) is 18.9 Å². The van der Waals surface area contributed by atoms with Crippen LogP contribution in [0.1, 0.15) is 41.3 Å². The molecule has 31 heavy (non-hydrogen) atoms. The molecule has 162 valence electrons. The molecule has 0 amide bonds. The predicted molar refractivity (Wildman–Crippen MR) is 106 cm³/mol. The van der Waals surface area contributed by atoms with E-state index < -0.39 is 43.4 Å². The third kappa shape index (κ3) is 3.31. The Labute approximate surface area is 174 Å². The lowest BCUT2D eigenvalue weighted by Gasteiger charge is -2.31. The van der Waals surface area contributed by atoms with Gasteiger partial charge in [-0.1, -0.05) is 13.3 Å². The van der Waals surface area contributed by atoms with Crippen LogP contribution >= 0.6 is 0 Å². The first-order valence-electron chi connectivity index (χ1n) is 9.07. The maximum Gasteiger partial charge on any atom is 0.285 e. The summed E-state index contributed by atoms with van der Waals surface area (Å²) in [5.41, 5.74) is -2.90. The number of non-ortho nitro benzene ring substituents is 1. The Morgan fingerprint density at radius 2 is 1.35 bits per heavy atom. The van der Waals surface area contributed by atoms with Crippen LogP contribution in [-0.4, -0.2) is 34.8 Å². The molecule has 1 aliphatic carbocycles. The van der Waals surface area contributed by atoms with Crippen LogP contribution in [0.4, 0.5) is 17.1 Å². The van der Waals surface area contributed by atoms with E-state index in [9.17, 15) is 35.1 Å². The van der Waals surface area contributed by atoms with E-state index in [1.165, 1.54) is 20.3 Å². The zero-order valence-corrected chi connectivity index (χ0v) is 16.7. The molecule has 0 saturated heterocycles. The number of carbonyl (C=O) groups excluding carboxylic acids is 1. The number of nitrogens with zero attached hydrogens (tertiary/aromatic N) is 3. The number of rotatable bonds is 8. The van der Waals surface area contributed by atoms with Gasteiger partial charge in [0.25, 0.3) is 17.1 Å². The van der Waals surface area contributed by atoms with Crippen LogP contribution in [-0.2, 0) is 15.3 Å². The smallest absolute Gasteiger partial charge is 0.285 e. The van der Waals surface area contributed by atoms with Gasteiger partial charge in [-0.2, -0.15) is 0 Å². The van der Waals surface area contributed by atoms with Gasteiger partial charge in [-0.15, -0.1) is 0 Å². The maximum absolute atomic E-state index is 13.1. The van der Waals surface area contributed by atoms with Crippen LogP contribution in [0.25, 0.3) is 11.1 Å². The lowest BCUT2D eigenvalue weighted by Crippen LogP contribution is -2.31. The second kappa shape index (κ2) is 7.81. The highest BCUT2D eigenvalue weighted by Crippen LogP contribution is 2.50. The molecule has 12 nitrogen and oxygen atoms in total. The summed E-state index contributed by atoms with van der Waals surface area (Å²) in [6.45, 7) is 1.85. The van der Waals surface area contributed by atoms with E-state index in [2.05, 4.69) is 0 Å². The van der Waals surface area contributed by atoms with E-state index in [1.807, 2.05) is 6.92 Å². The number of hydrogen-bond donors (Lipinski definition) is 0. The minimum absolute atomic E-state index is 0.183. The fraction of sp³-hybridized carbons (Fsp3) is 0.316. The highest BCUT2D eigenvalue weighted by Gasteiger charge is 2.43. The van der Waals surface area contributed by atoms with Crippen LogP contribution in [0.2, 0.25) is 0 Å². The van der Waals surface area contributed by atoms with Crippen LogP contribution in [0.3, 0.4) is 0 Å². The maximum atomic E-state index is 13.1. The van der Waals surface area contributed by atoms with Crippen molar-refractivity contribution in [3.63, 3.8) is 0 Å². The third-order valence-electron chi connectivity index (χ3n) is 5.24. The summed E-state index contributed by atoms with van der Waals surface area (Å²) < 4.78 is 11.0. The van der Waals surface area contributed by atoms with Crippen molar-refractivity contribution in [2.75, 3.05) is 14.2 Å². The molecule has 0 N–H and O–H groups in total. The Morgan fingerprint density at radius 1 is 0.839 bits per heavy atom. The molecule has 0 aliphatic heterocycles. The SMILES string of the molecule is CCCC(OC)(OC)c1cc2c(c([N+](=O)[O-])c1)-c1c(cc([N+](=O)[O-])cc1[N+](=O)[O-])C2=O.